The Labute approximate surface area is 65.0 Å². The van der Waals surface area contributed by atoms with E-state index in [1.807, 2.05) is 0 Å². The van der Waals surface area contributed by atoms with Crippen LogP contribution in [-0.4, -0.2) is 30.9 Å². The smallest absolute Gasteiger partial charge is 0.171 e. The maximum Gasteiger partial charge on any atom is 0.171 e. The van der Waals surface area contributed by atoms with Crippen LogP contribution in [0.3, 0.4) is 0 Å². The van der Waals surface area contributed by atoms with Crippen LogP contribution in [0.5, 0.6) is 0 Å². The third-order valence-corrected chi connectivity index (χ3v) is 1.08. The molecule has 1 aromatic heterocycles. The fraction of sp³-hybridized carbons (Fsp3) is 0.833. The quantitative estimate of drug-likeness (QED) is 0.641. The van der Waals surface area contributed by atoms with Crippen molar-refractivity contribution in [3.05, 3.63) is 5.82 Å². The summed E-state index contributed by atoms with van der Waals surface area (Å²) in [6.45, 7) is 5.53. The van der Waals surface area contributed by atoms with Crippen molar-refractivity contribution < 1.29 is 5.11 Å². The summed E-state index contributed by atoms with van der Waals surface area (Å²) in [6.07, 6.45) is 0. The van der Waals surface area contributed by atoms with E-state index in [9.17, 15) is 5.11 Å². The normalized spacial score (nSPS) is 12.0. The lowest BCUT2D eigenvalue weighted by Gasteiger charge is -2.14. The molecule has 0 fully saturated rings. The second kappa shape index (κ2) is 2.58. The number of aliphatic hydroxyl groups is 1. The zero-order valence-electron chi connectivity index (χ0n) is 6.94. The molecular weight excluding hydrogens is 144 g/mol. The number of aryl methyl sites for hydroxylation is 1. The SMILES string of the molecule is Cc1nnn(CC(C)(C)O)n1. The molecule has 0 radical (unpaired) electrons. The summed E-state index contributed by atoms with van der Waals surface area (Å²) in [4.78, 5) is 1.38. The van der Waals surface area contributed by atoms with Crippen molar-refractivity contribution in [3.8, 4) is 0 Å². The maximum atomic E-state index is 9.35. The van der Waals surface area contributed by atoms with Gasteiger partial charge in [0, 0.05) is 0 Å². The van der Waals surface area contributed by atoms with Gasteiger partial charge in [0.1, 0.15) is 0 Å². The minimum atomic E-state index is -0.785. The van der Waals surface area contributed by atoms with Crippen molar-refractivity contribution in [1.29, 1.82) is 0 Å². The van der Waals surface area contributed by atoms with Crippen LogP contribution in [0.25, 0.3) is 0 Å². The summed E-state index contributed by atoms with van der Waals surface area (Å²) in [6, 6.07) is 0. The second-order valence-corrected chi connectivity index (χ2v) is 3.18. The molecule has 5 heteroatoms. The van der Waals surface area contributed by atoms with E-state index in [4.69, 9.17) is 0 Å². The van der Waals surface area contributed by atoms with Crippen molar-refractivity contribution in [1.82, 2.24) is 20.2 Å². The third-order valence-electron chi connectivity index (χ3n) is 1.08. The largest absolute Gasteiger partial charge is 0.388 e. The van der Waals surface area contributed by atoms with Crippen molar-refractivity contribution >= 4 is 0 Å². The van der Waals surface area contributed by atoms with Gasteiger partial charge in [0.2, 0.25) is 0 Å². The van der Waals surface area contributed by atoms with Gasteiger partial charge in [0.05, 0.1) is 12.1 Å². The maximum absolute atomic E-state index is 9.35. The fourth-order valence-electron chi connectivity index (χ4n) is 0.736. The molecule has 0 aromatic carbocycles. The molecule has 0 amide bonds. The Morgan fingerprint density at radius 3 is 2.55 bits per heavy atom. The number of tetrazole rings is 1. The van der Waals surface area contributed by atoms with Crippen LogP contribution in [0.2, 0.25) is 0 Å². The molecule has 0 aliphatic rings. The Morgan fingerprint density at radius 2 is 2.18 bits per heavy atom. The molecule has 0 saturated carbocycles. The summed E-state index contributed by atoms with van der Waals surface area (Å²) in [5, 5.41) is 20.7. The zero-order valence-corrected chi connectivity index (χ0v) is 6.94. The number of aromatic nitrogens is 4. The number of nitrogens with zero attached hydrogens (tertiary/aromatic N) is 4. The zero-order chi connectivity index (χ0) is 8.48. The first-order valence-corrected chi connectivity index (χ1v) is 3.44. The van der Waals surface area contributed by atoms with Crippen LogP contribution in [0.15, 0.2) is 0 Å². The summed E-state index contributed by atoms with van der Waals surface area (Å²) < 4.78 is 0. The standard InChI is InChI=1S/C6H12N4O/c1-5-7-9-10(8-5)4-6(2,3)11/h11H,4H2,1-3H3. The van der Waals surface area contributed by atoms with Gasteiger partial charge in [0.15, 0.2) is 5.82 Å². The highest BCUT2D eigenvalue weighted by molar-refractivity contribution is 4.69. The predicted molar refractivity (Wildman–Crippen MR) is 38.9 cm³/mol. The van der Waals surface area contributed by atoms with Crippen LogP contribution >= 0.6 is 0 Å². The Balaban J connectivity index is 2.65. The number of rotatable bonds is 2. The first-order valence-electron chi connectivity index (χ1n) is 3.44. The van der Waals surface area contributed by atoms with Gasteiger partial charge in [-0.2, -0.15) is 4.80 Å². The van der Waals surface area contributed by atoms with Crippen LogP contribution in [0.4, 0.5) is 0 Å². The number of hydrogen-bond acceptors (Lipinski definition) is 4. The predicted octanol–water partition coefficient (Wildman–Crippen LogP) is -0.248. The lowest BCUT2D eigenvalue weighted by molar-refractivity contribution is 0.0526. The van der Waals surface area contributed by atoms with Crippen LogP contribution in [-0.2, 0) is 6.54 Å². The molecule has 0 atom stereocenters. The second-order valence-electron chi connectivity index (χ2n) is 3.18. The van der Waals surface area contributed by atoms with Crippen molar-refractivity contribution in [2.75, 3.05) is 0 Å². The van der Waals surface area contributed by atoms with E-state index in [0.29, 0.717) is 12.4 Å². The first-order chi connectivity index (χ1) is 4.97. The lowest BCUT2D eigenvalue weighted by Crippen LogP contribution is -2.27. The molecule has 1 rings (SSSR count). The highest BCUT2D eigenvalue weighted by atomic mass is 16.3. The molecule has 0 unspecified atom stereocenters. The average Bonchev–Trinajstić information content (AvgIpc) is 2.10. The van der Waals surface area contributed by atoms with Gasteiger partial charge in [-0.1, -0.05) is 0 Å². The van der Waals surface area contributed by atoms with Crippen LogP contribution < -0.4 is 0 Å². The minimum Gasteiger partial charge on any atom is -0.388 e. The topological polar surface area (TPSA) is 63.8 Å². The molecule has 62 valence electrons. The van der Waals surface area contributed by atoms with Crippen molar-refractivity contribution in [3.63, 3.8) is 0 Å². The highest BCUT2D eigenvalue weighted by Crippen LogP contribution is 2.02. The van der Waals surface area contributed by atoms with Gasteiger partial charge >= 0.3 is 0 Å². The summed E-state index contributed by atoms with van der Waals surface area (Å²) in [5.74, 6) is 0.620. The van der Waals surface area contributed by atoms with E-state index in [2.05, 4.69) is 15.4 Å². The summed E-state index contributed by atoms with van der Waals surface area (Å²) in [7, 11) is 0. The molecule has 1 N–H and O–H groups in total. The van der Waals surface area contributed by atoms with Crippen molar-refractivity contribution in [2.24, 2.45) is 0 Å². The summed E-state index contributed by atoms with van der Waals surface area (Å²) >= 11 is 0. The molecule has 0 aliphatic carbocycles. The molecule has 0 aliphatic heterocycles. The van der Waals surface area contributed by atoms with E-state index in [1.165, 1.54) is 4.80 Å². The third kappa shape index (κ3) is 2.63. The average molecular weight is 156 g/mol. The Kier molecular flexibility index (Phi) is 1.90. The summed E-state index contributed by atoms with van der Waals surface area (Å²) in [5.41, 5.74) is -0.785. The van der Waals surface area contributed by atoms with E-state index in [1.54, 1.807) is 20.8 Å². The van der Waals surface area contributed by atoms with Gasteiger partial charge < -0.3 is 5.11 Å². The molecule has 1 aromatic rings. The molecule has 0 spiro atoms. The Bertz CT molecular complexity index is 237. The van der Waals surface area contributed by atoms with Crippen molar-refractivity contribution in [2.45, 2.75) is 32.9 Å². The fourth-order valence-corrected chi connectivity index (χ4v) is 0.736. The van der Waals surface area contributed by atoms with E-state index < -0.39 is 5.60 Å². The van der Waals surface area contributed by atoms with Gasteiger partial charge in [-0.25, -0.2) is 0 Å². The lowest BCUT2D eigenvalue weighted by atomic mass is 10.1. The van der Waals surface area contributed by atoms with Gasteiger partial charge in [-0.3, -0.25) is 0 Å². The molecular formula is C6H12N4O. The van der Waals surface area contributed by atoms with Gasteiger partial charge in [-0.15, -0.1) is 10.2 Å². The minimum absolute atomic E-state index is 0.369. The van der Waals surface area contributed by atoms with E-state index in [0.717, 1.165) is 0 Å². The monoisotopic (exact) mass is 156 g/mol. The molecule has 5 nitrogen and oxygen atoms in total. The Morgan fingerprint density at radius 1 is 1.55 bits per heavy atom. The molecule has 0 bridgehead atoms. The number of hydrogen-bond donors (Lipinski definition) is 1. The molecule has 11 heavy (non-hydrogen) atoms. The van der Waals surface area contributed by atoms with E-state index in [-0.39, 0.29) is 0 Å². The van der Waals surface area contributed by atoms with Gasteiger partial charge in [-0.05, 0) is 26.0 Å². The molecule has 0 saturated heterocycles. The van der Waals surface area contributed by atoms with E-state index >= 15 is 0 Å². The van der Waals surface area contributed by atoms with Crippen LogP contribution in [0.1, 0.15) is 19.7 Å². The first kappa shape index (κ1) is 8.13. The Hall–Kier alpha value is -0.970. The van der Waals surface area contributed by atoms with Gasteiger partial charge in [0.25, 0.3) is 0 Å². The van der Waals surface area contributed by atoms with Crippen LogP contribution in [0, 0.1) is 6.92 Å². The molecule has 1 heterocycles. The highest BCUT2D eigenvalue weighted by Gasteiger charge is 2.14.